The molecule has 0 aliphatic carbocycles. The molecule has 2 rings (SSSR count). The Labute approximate surface area is 134 Å². The zero-order valence-corrected chi connectivity index (χ0v) is 12.7. The molecule has 0 saturated carbocycles. The predicted molar refractivity (Wildman–Crippen MR) is 84.7 cm³/mol. The number of rotatable bonds is 4. The first kappa shape index (κ1) is 16.1. The van der Waals surface area contributed by atoms with Crippen molar-refractivity contribution in [3.63, 3.8) is 0 Å². The van der Waals surface area contributed by atoms with E-state index in [1.807, 2.05) is 12.1 Å². The molecule has 0 spiro atoms. The third-order valence-electron chi connectivity index (χ3n) is 3.29. The van der Waals surface area contributed by atoms with E-state index in [0.29, 0.717) is 18.2 Å². The molecule has 1 aliphatic heterocycles. The van der Waals surface area contributed by atoms with Gasteiger partial charge in [-0.25, -0.2) is 0 Å². The van der Waals surface area contributed by atoms with E-state index in [1.54, 1.807) is 24.3 Å². The molecule has 1 amide bonds. The average Bonchev–Trinajstić information content (AvgIpc) is 2.53. The number of allylic oxidation sites excluding steroid dienone is 2. The molecule has 1 aromatic rings. The van der Waals surface area contributed by atoms with Crippen molar-refractivity contribution in [2.75, 3.05) is 26.3 Å². The standard InChI is InChI=1S/C16H16ClN3O2/c17-14-4-1-12(2-5-14)15(20-7-9-22-10-8-20)6-3-13(11-18)16(19)21/h1-6H,7-10H2,(H2,19,21)/b13-3-,15-6-. The molecule has 5 nitrogen and oxygen atoms in total. The Morgan fingerprint density at radius 2 is 1.91 bits per heavy atom. The Morgan fingerprint density at radius 3 is 2.45 bits per heavy atom. The second-order valence-electron chi connectivity index (χ2n) is 4.71. The zero-order chi connectivity index (χ0) is 15.9. The summed E-state index contributed by atoms with van der Waals surface area (Å²) in [6.07, 6.45) is 3.18. The smallest absolute Gasteiger partial charge is 0.259 e. The normalized spacial score (nSPS) is 16.3. The largest absolute Gasteiger partial charge is 0.378 e. The molecule has 1 fully saturated rings. The molecule has 0 aromatic heterocycles. The highest BCUT2D eigenvalue weighted by Gasteiger charge is 2.15. The summed E-state index contributed by atoms with van der Waals surface area (Å²) in [5.74, 6) is -0.740. The number of nitrogens with zero attached hydrogens (tertiary/aromatic N) is 2. The molecule has 0 unspecified atom stereocenters. The monoisotopic (exact) mass is 317 g/mol. The molecular weight excluding hydrogens is 302 g/mol. The van der Waals surface area contributed by atoms with Crippen molar-refractivity contribution in [2.45, 2.75) is 0 Å². The van der Waals surface area contributed by atoms with Crippen molar-refractivity contribution < 1.29 is 9.53 Å². The highest BCUT2D eigenvalue weighted by Crippen LogP contribution is 2.22. The van der Waals surface area contributed by atoms with Gasteiger partial charge in [-0.1, -0.05) is 23.7 Å². The number of halogens is 1. The van der Waals surface area contributed by atoms with Crippen molar-refractivity contribution in [3.8, 4) is 6.07 Å². The van der Waals surface area contributed by atoms with Gasteiger partial charge in [0.2, 0.25) is 0 Å². The first-order chi connectivity index (χ1) is 10.6. The fourth-order valence-corrected chi connectivity index (χ4v) is 2.27. The number of nitrogens with two attached hydrogens (primary N) is 1. The molecular formula is C16H16ClN3O2. The third-order valence-corrected chi connectivity index (χ3v) is 3.54. The van der Waals surface area contributed by atoms with E-state index in [9.17, 15) is 4.79 Å². The molecule has 0 bridgehead atoms. The van der Waals surface area contributed by atoms with E-state index in [0.717, 1.165) is 24.4 Å². The van der Waals surface area contributed by atoms with Crippen LogP contribution in [0.5, 0.6) is 0 Å². The van der Waals surface area contributed by atoms with Crippen LogP contribution in [-0.2, 0) is 9.53 Å². The van der Waals surface area contributed by atoms with Crippen LogP contribution in [0.4, 0.5) is 0 Å². The summed E-state index contributed by atoms with van der Waals surface area (Å²) in [6.45, 7) is 2.74. The van der Waals surface area contributed by atoms with E-state index in [1.165, 1.54) is 6.08 Å². The topological polar surface area (TPSA) is 79.3 Å². The summed E-state index contributed by atoms with van der Waals surface area (Å²) in [5, 5.41) is 9.58. The lowest BCUT2D eigenvalue weighted by molar-refractivity contribution is -0.114. The summed E-state index contributed by atoms with van der Waals surface area (Å²) >= 11 is 5.92. The minimum Gasteiger partial charge on any atom is -0.378 e. The van der Waals surface area contributed by atoms with Gasteiger partial charge < -0.3 is 15.4 Å². The Morgan fingerprint density at radius 1 is 1.27 bits per heavy atom. The van der Waals surface area contributed by atoms with Crippen molar-refractivity contribution >= 4 is 23.2 Å². The van der Waals surface area contributed by atoms with Crippen LogP contribution in [0.2, 0.25) is 5.02 Å². The molecule has 1 saturated heterocycles. The second-order valence-corrected chi connectivity index (χ2v) is 5.15. The van der Waals surface area contributed by atoms with Gasteiger partial charge in [0.1, 0.15) is 11.6 Å². The minimum absolute atomic E-state index is 0.0836. The van der Waals surface area contributed by atoms with Gasteiger partial charge in [-0.05, 0) is 29.8 Å². The highest BCUT2D eigenvalue weighted by molar-refractivity contribution is 6.30. The summed E-state index contributed by atoms with van der Waals surface area (Å²) in [5.41, 5.74) is 6.92. The Bertz CT molecular complexity index is 638. The summed E-state index contributed by atoms with van der Waals surface area (Å²) in [6, 6.07) is 9.19. The maximum Gasteiger partial charge on any atom is 0.259 e. The molecule has 2 N–H and O–H groups in total. The average molecular weight is 318 g/mol. The minimum atomic E-state index is -0.740. The van der Waals surface area contributed by atoms with E-state index >= 15 is 0 Å². The molecule has 0 atom stereocenters. The fraction of sp³-hybridized carbons (Fsp3) is 0.250. The van der Waals surface area contributed by atoms with Crippen molar-refractivity contribution in [3.05, 3.63) is 52.6 Å². The van der Waals surface area contributed by atoms with Crippen LogP contribution in [0.1, 0.15) is 5.56 Å². The summed E-state index contributed by atoms with van der Waals surface area (Å²) in [7, 11) is 0. The molecule has 22 heavy (non-hydrogen) atoms. The number of nitriles is 1. The third kappa shape index (κ3) is 4.10. The number of primary amides is 1. The zero-order valence-electron chi connectivity index (χ0n) is 12.0. The number of carbonyl (C=O) groups is 1. The van der Waals surface area contributed by atoms with Crippen LogP contribution in [0.15, 0.2) is 42.0 Å². The number of carbonyl (C=O) groups excluding carboxylic acids is 1. The van der Waals surface area contributed by atoms with Crippen LogP contribution in [0.25, 0.3) is 5.70 Å². The Balaban J connectivity index is 2.38. The van der Waals surface area contributed by atoms with Crippen LogP contribution in [0, 0.1) is 11.3 Å². The quantitative estimate of drug-likeness (QED) is 0.523. The Hall–Kier alpha value is -2.29. The van der Waals surface area contributed by atoms with E-state index < -0.39 is 5.91 Å². The highest BCUT2D eigenvalue weighted by atomic mass is 35.5. The first-order valence-corrected chi connectivity index (χ1v) is 7.20. The van der Waals surface area contributed by atoms with Gasteiger partial charge in [-0.3, -0.25) is 4.79 Å². The molecule has 6 heteroatoms. The van der Waals surface area contributed by atoms with Crippen molar-refractivity contribution in [1.82, 2.24) is 4.90 Å². The molecule has 0 radical (unpaired) electrons. The lowest BCUT2D eigenvalue weighted by atomic mass is 10.1. The van der Waals surface area contributed by atoms with Gasteiger partial charge >= 0.3 is 0 Å². The lowest BCUT2D eigenvalue weighted by Gasteiger charge is -2.31. The molecule has 1 aromatic carbocycles. The van der Waals surface area contributed by atoms with E-state index in [-0.39, 0.29) is 5.57 Å². The van der Waals surface area contributed by atoms with Gasteiger partial charge in [-0.15, -0.1) is 0 Å². The SMILES string of the molecule is N#C/C(=C/C=C(/c1ccc(Cl)cc1)N1CCOCC1)C(N)=O. The van der Waals surface area contributed by atoms with Gasteiger partial charge in [0.25, 0.3) is 5.91 Å². The van der Waals surface area contributed by atoms with E-state index in [2.05, 4.69) is 4.90 Å². The number of morpholine rings is 1. The molecule has 114 valence electrons. The molecule has 1 heterocycles. The van der Waals surface area contributed by atoms with Crippen LogP contribution < -0.4 is 5.73 Å². The van der Waals surface area contributed by atoms with Gasteiger partial charge in [-0.2, -0.15) is 5.26 Å². The number of ether oxygens (including phenoxy) is 1. The van der Waals surface area contributed by atoms with Gasteiger partial charge in [0.15, 0.2) is 0 Å². The van der Waals surface area contributed by atoms with E-state index in [4.69, 9.17) is 27.3 Å². The second kappa shape index (κ2) is 7.64. The summed E-state index contributed by atoms with van der Waals surface area (Å²) < 4.78 is 5.36. The number of benzene rings is 1. The lowest BCUT2D eigenvalue weighted by Crippen LogP contribution is -2.34. The number of amides is 1. The van der Waals surface area contributed by atoms with Gasteiger partial charge in [0.05, 0.1) is 13.2 Å². The Kier molecular flexibility index (Phi) is 5.59. The number of hydrogen-bond acceptors (Lipinski definition) is 4. The maximum atomic E-state index is 11.2. The van der Waals surface area contributed by atoms with Crippen LogP contribution >= 0.6 is 11.6 Å². The van der Waals surface area contributed by atoms with Gasteiger partial charge in [0, 0.05) is 23.8 Å². The maximum absolute atomic E-state index is 11.2. The summed E-state index contributed by atoms with van der Waals surface area (Å²) in [4.78, 5) is 13.3. The van der Waals surface area contributed by atoms with Crippen molar-refractivity contribution in [2.24, 2.45) is 5.73 Å². The van der Waals surface area contributed by atoms with Crippen LogP contribution in [0.3, 0.4) is 0 Å². The van der Waals surface area contributed by atoms with Crippen LogP contribution in [-0.4, -0.2) is 37.1 Å². The predicted octanol–water partition coefficient (Wildman–Crippen LogP) is 1.95. The number of hydrogen-bond donors (Lipinski definition) is 1. The first-order valence-electron chi connectivity index (χ1n) is 6.82. The molecule has 1 aliphatic rings. The van der Waals surface area contributed by atoms with Crippen molar-refractivity contribution in [1.29, 1.82) is 5.26 Å². The fourth-order valence-electron chi connectivity index (χ4n) is 2.15.